The Bertz CT molecular complexity index is 591. The maximum atomic E-state index is 12.5. The van der Waals surface area contributed by atoms with Gasteiger partial charge in [0.15, 0.2) is 5.76 Å². The number of rotatable bonds is 4. The summed E-state index contributed by atoms with van der Waals surface area (Å²) in [5.74, 6) is 2.20. The number of nitrogens with one attached hydrogen (secondary N) is 1. The normalized spacial score (nSPS) is 18.9. The number of hydrogen-bond donors (Lipinski definition) is 1. The summed E-state index contributed by atoms with van der Waals surface area (Å²) in [6.07, 6.45) is 5.59. The Labute approximate surface area is 123 Å². The zero-order valence-corrected chi connectivity index (χ0v) is 12.0. The molecule has 1 saturated heterocycles. The molecule has 3 heterocycles. The van der Waals surface area contributed by atoms with Crippen molar-refractivity contribution < 1.29 is 13.9 Å². The van der Waals surface area contributed by atoms with E-state index in [-0.39, 0.29) is 11.8 Å². The number of aromatic nitrogens is 2. The maximum Gasteiger partial charge on any atom is 0.289 e. The van der Waals surface area contributed by atoms with Crippen molar-refractivity contribution in [3.8, 4) is 0 Å². The number of piperidine rings is 1. The van der Waals surface area contributed by atoms with E-state index in [4.69, 9.17) is 9.15 Å². The highest BCUT2D eigenvalue weighted by Gasteiger charge is 2.28. The summed E-state index contributed by atoms with van der Waals surface area (Å²) in [4.78, 5) is 21.8. The molecule has 1 N–H and O–H groups in total. The van der Waals surface area contributed by atoms with Crippen molar-refractivity contribution >= 4 is 5.91 Å². The number of carbonyl (C=O) groups excluding carboxylic acids is 1. The number of imidazole rings is 1. The van der Waals surface area contributed by atoms with Crippen molar-refractivity contribution in [2.24, 2.45) is 0 Å². The first-order chi connectivity index (χ1) is 10.3. The van der Waals surface area contributed by atoms with Gasteiger partial charge in [-0.05, 0) is 25.0 Å². The van der Waals surface area contributed by atoms with Crippen LogP contribution in [0.25, 0.3) is 0 Å². The number of ether oxygens (including phenoxy) is 1. The fourth-order valence-electron chi connectivity index (χ4n) is 2.75. The Kier molecular flexibility index (Phi) is 4.06. The maximum absolute atomic E-state index is 12.5. The van der Waals surface area contributed by atoms with E-state index in [2.05, 4.69) is 9.97 Å². The van der Waals surface area contributed by atoms with Crippen molar-refractivity contribution in [1.29, 1.82) is 0 Å². The molecule has 0 bridgehead atoms. The third-order valence-corrected chi connectivity index (χ3v) is 3.77. The summed E-state index contributed by atoms with van der Waals surface area (Å²) in [5.41, 5.74) is 0. The number of methoxy groups -OCH3 is 1. The van der Waals surface area contributed by atoms with Crippen LogP contribution >= 0.6 is 0 Å². The molecule has 0 spiro atoms. The lowest BCUT2D eigenvalue weighted by Crippen LogP contribution is -2.39. The molecule has 2 aromatic heterocycles. The largest absolute Gasteiger partial charge is 0.453 e. The molecule has 0 aromatic carbocycles. The minimum atomic E-state index is -0.0615. The number of nitrogens with zero attached hydrogens (tertiary/aromatic N) is 2. The Hall–Kier alpha value is -2.08. The van der Waals surface area contributed by atoms with E-state index in [1.807, 2.05) is 11.1 Å². The van der Waals surface area contributed by atoms with Crippen molar-refractivity contribution in [2.75, 3.05) is 20.2 Å². The lowest BCUT2D eigenvalue weighted by molar-refractivity contribution is 0.0665. The molecule has 6 heteroatoms. The molecule has 1 fully saturated rings. The van der Waals surface area contributed by atoms with Crippen LogP contribution in [0.4, 0.5) is 0 Å². The fourth-order valence-corrected chi connectivity index (χ4v) is 2.75. The minimum Gasteiger partial charge on any atom is -0.453 e. The van der Waals surface area contributed by atoms with Crippen LogP contribution in [0.15, 0.2) is 28.9 Å². The van der Waals surface area contributed by atoms with E-state index >= 15 is 0 Å². The predicted octanol–water partition coefficient (Wildman–Crippen LogP) is 2.17. The highest BCUT2D eigenvalue weighted by molar-refractivity contribution is 5.91. The Morgan fingerprint density at radius 3 is 3.24 bits per heavy atom. The summed E-state index contributed by atoms with van der Waals surface area (Å²) in [5, 5.41) is 0. The average Bonchev–Trinajstić information content (AvgIpc) is 3.18. The molecule has 112 valence electrons. The predicted molar refractivity (Wildman–Crippen MR) is 75.9 cm³/mol. The van der Waals surface area contributed by atoms with E-state index in [1.54, 1.807) is 25.4 Å². The number of carbonyl (C=O) groups is 1. The molecule has 21 heavy (non-hydrogen) atoms. The van der Waals surface area contributed by atoms with Crippen LogP contribution in [-0.4, -0.2) is 41.0 Å². The Morgan fingerprint density at radius 2 is 2.48 bits per heavy atom. The van der Waals surface area contributed by atoms with Crippen LogP contribution in [0.1, 0.15) is 40.9 Å². The molecular formula is C15H19N3O3. The lowest BCUT2D eigenvalue weighted by Gasteiger charge is -2.31. The second-order valence-electron chi connectivity index (χ2n) is 5.26. The molecule has 2 aromatic rings. The zero-order chi connectivity index (χ0) is 14.7. The van der Waals surface area contributed by atoms with Crippen molar-refractivity contribution in [3.05, 3.63) is 41.9 Å². The summed E-state index contributed by atoms with van der Waals surface area (Å²) in [6, 6.07) is 3.50. The smallest absolute Gasteiger partial charge is 0.289 e. The van der Waals surface area contributed by atoms with Gasteiger partial charge in [-0.3, -0.25) is 4.79 Å². The first-order valence-electron chi connectivity index (χ1n) is 7.14. The molecule has 0 aliphatic carbocycles. The molecule has 1 atom stereocenters. The van der Waals surface area contributed by atoms with Crippen LogP contribution in [-0.2, 0) is 11.3 Å². The summed E-state index contributed by atoms with van der Waals surface area (Å²) < 4.78 is 10.5. The van der Waals surface area contributed by atoms with Crippen LogP contribution in [0, 0.1) is 0 Å². The molecule has 1 amide bonds. The van der Waals surface area contributed by atoms with Gasteiger partial charge in [0.1, 0.15) is 18.2 Å². The number of amides is 1. The lowest BCUT2D eigenvalue weighted by atomic mass is 9.97. The molecular weight excluding hydrogens is 270 g/mol. The molecule has 0 radical (unpaired) electrons. The van der Waals surface area contributed by atoms with Crippen molar-refractivity contribution in [1.82, 2.24) is 14.9 Å². The van der Waals surface area contributed by atoms with Gasteiger partial charge in [-0.2, -0.15) is 0 Å². The summed E-state index contributed by atoms with van der Waals surface area (Å²) in [6.45, 7) is 1.81. The van der Waals surface area contributed by atoms with Gasteiger partial charge in [0.2, 0.25) is 0 Å². The van der Waals surface area contributed by atoms with Crippen LogP contribution in [0.2, 0.25) is 0 Å². The SMILES string of the molecule is COCc1ccc(C(=O)N2CCC[C@H](c3ncc[nH]3)C2)o1. The van der Waals surface area contributed by atoms with Crippen LogP contribution < -0.4 is 0 Å². The van der Waals surface area contributed by atoms with Crippen molar-refractivity contribution in [2.45, 2.75) is 25.4 Å². The molecule has 1 aliphatic heterocycles. The van der Waals surface area contributed by atoms with Gasteiger partial charge in [0, 0.05) is 38.5 Å². The standard InChI is InChI=1S/C15H19N3O3/c1-20-10-12-4-5-13(21-12)15(19)18-8-2-3-11(9-18)14-16-6-7-17-14/h4-7,11H,2-3,8-10H2,1H3,(H,16,17)/t11-/m0/s1. The molecule has 0 saturated carbocycles. The van der Waals surface area contributed by atoms with Gasteiger partial charge in [-0.15, -0.1) is 0 Å². The number of H-pyrrole nitrogens is 1. The van der Waals surface area contributed by atoms with E-state index in [1.165, 1.54) is 0 Å². The highest BCUT2D eigenvalue weighted by atomic mass is 16.5. The fraction of sp³-hybridized carbons (Fsp3) is 0.467. The molecule has 1 aliphatic rings. The minimum absolute atomic E-state index is 0.0615. The van der Waals surface area contributed by atoms with Gasteiger partial charge in [0.25, 0.3) is 5.91 Å². The highest BCUT2D eigenvalue weighted by Crippen LogP contribution is 2.25. The van der Waals surface area contributed by atoms with Gasteiger partial charge < -0.3 is 19.0 Å². The first kappa shape index (κ1) is 13.9. The summed E-state index contributed by atoms with van der Waals surface area (Å²) in [7, 11) is 1.60. The van der Waals surface area contributed by atoms with Crippen LogP contribution in [0.3, 0.4) is 0 Å². The van der Waals surface area contributed by atoms with Gasteiger partial charge in [0.05, 0.1) is 0 Å². The third-order valence-electron chi connectivity index (χ3n) is 3.77. The van der Waals surface area contributed by atoms with E-state index in [0.717, 1.165) is 25.2 Å². The summed E-state index contributed by atoms with van der Waals surface area (Å²) >= 11 is 0. The number of hydrogen-bond acceptors (Lipinski definition) is 4. The van der Waals surface area contributed by atoms with Crippen molar-refractivity contribution in [3.63, 3.8) is 0 Å². The number of likely N-dealkylation sites (tertiary alicyclic amines) is 1. The Balaban J connectivity index is 1.68. The third kappa shape index (κ3) is 3.00. The molecule has 6 nitrogen and oxygen atoms in total. The zero-order valence-electron chi connectivity index (χ0n) is 12.0. The monoisotopic (exact) mass is 289 g/mol. The average molecular weight is 289 g/mol. The topological polar surface area (TPSA) is 71.4 Å². The first-order valence-corrected chi connectivity index (χ1v) is 7.14. The van der Waals surface area contributed by atoms with E-state index < -0.39 is 0 Å². The quantitative estimate of drug-likeness (QED) is 0.936. The van der Waals surface area contributed by atoms with E-state index in [9.17, 15) is 4.79 Å². The van der Waals surface area contributed by atoms with Gasteiger partial charge >= 0.3 is 0 Å². The molecule has 3 rings (SSSR count). The van der Waals surface area contributed by atoms with E-state index in [0.29, 0.717) is 24.7 Å². The Morgan fingerprint density at radius 1 is 1.57 bits per heavy atom. The van der Waals surface area contributed by atoms with Gasteiger partial charge in [-0.25, -0.2) is 4.98 Å². The second-order valence-corrected chi connectivity index (χ2v) is 5.26. The molecule has 0 unspecified atom stereocenters. The number of furan rings is 1. The second kappa shape index (κ2) is 6.13. The van der Waals surface area contributed by atoms with Gasteiger partial charge in [-0.1, -0.05) is 0 Å². The number of aromatic amines is 1. The van der Waals surface area contributed by atoms with Crippen LogP contribution in [0.5, 0.6) is 0 Å².